The lowest BCUT2D eigenvalue weighted by Crippen LogP contribution is -2.21. The third kappa shape index (κ3) is 2.89. The van der Waals surface area contributed by atoms with Crippen LogP contribution >= 0.6 is 0 Å². The Balaban J connectivity index is 2.99. The first-order valence-electron chi connectivity index (χ1n) is 5.20. The summed E-state index contributed by atoms with van der Waals surface area (Å²) in [4.78, 5) is 18.8. The molecule has 0 aromatic carbocycles. The summed E-state index contributed by atoms with van der Waals surface area (Å²) in [5, 5.41) is 0. The van der Waals surface area contributed by atoms with E-state index in [1.807, 2.05) is 20.8 Å². The molecule has 0 spiro atoms. The highest BCUT2D eigenvalue weighted by molar-refractivity contribution is 5.16. The summed E-state index contributed by atoms with van der Waals surface area (Å²) >= 11 is 0. The maximum absolute atomic E-state index is 11.6. The van der Waals surface area contributed by atoms with Gasteiger partial charge in [-0.3, -0.25) is 4.79 Å². The lowest BCUT2D eigenvalue weighted by molar-refractivity contribution is 0.117. The summed E-state index contributed by atoms with van der Waals surface area (Å²) < 4.78 is 5.13. The van der Waals surface area contributed by atoms with Crippen LogP contribution in [0.1, 0.15) is 30.9 Å². The van der Waals surface area contributed by atoms with Crippen molar-refractivity contribution in [2.24, 2.45) is 0 Å². The molecule has 84 valence electrons. The lowest BCUT2D eigenvalue weighted by atomic mass is 10.2. The number of nitrogens with zero attached hydrogens (tertiary/aromatic N) is 1. The van der Waals surface area contributed by atoms with Crippen LogP contribution in [0.3, 0.4) is 0 Å². The minimum atomic E-state index is -0.0247. The number of aryl methyl sites for hydroxylation is 1. The third-order valence-corrected chi connectivity index (χ3v) is 2.51. The first kappa shape index (κ1) is 11.9. The Morgan fingerprint density at radius 3 is 2.67 bits per heavy atom. The van der Waals surface area contributed by atoms with Gasteiger partial charge in [0, 0.05) is 24.8 Å². The zero-order valence-electron chi connectivity index (χ0n) is 9.76. The second-order valence-electron chi connectivity index (χ2n) is 3.68. The van der Waals surface area contributed by atoms with Crippen molar-refractivity contribution in [1.82, 2.24) is 9.97 Å². The Labute approximate surface area is 89.7 Å². The molecule has 1 unspecified atom stereocenters. The van der Waals surface area contributed by atoms with Gasteiger partial charge in [0.05, 0.1) is 6.10 Å². The number of aromatic nitrogens is 2. The fourth-order valence-corrected chi connectivity index (χ4v) is 1.54. The van der Waals surface area contributed by atoms with E-state index in [2.05, 4.69) is 9.97 Å². The topological polar surface area (TPSA) is 55.0 Å². The van der Waals surface area contributed by atoms with Gasteiger partial charge in [-0.25, -0.2) is 4.98 Å². The first-order valence-corrected chi connectivity index (χ1v) is 5.20. The van der Waals surface area contributed by atoms with Crippen LogP contribution < -0.4 is 5.56 Å². The Bertz CT molecular complexity index is 385. The van der Waals surface area contributed by atoms with Crippen LogP contribution in [0.2, 0.25) is 0 Å². The smallest absolute Gasteiger partial charge is 0.254 e. The van der Waals surface area contributed by atoms with Gasteiger partial charge >= 0.3 is 0 Å². The molecule has 1 aromatic heterocycles. The van der Waals surface area contributed by atoms with Crippen molar-refractivity contribution < 1.29 is 4.74 Å². The molecule has 0 aliphatic carbocycles. The standard InChI is InChI=1S/C11H18N2O2/c1-5-9-8(3)12-10(13-11(9)14)6-7(2)15-4/h7H,5-6H2,1-4H3,(H,12,13,14). The first-order chi connectivity index (χ1) is 7.08. The van der Waals surface area contributed by atoms with Gasteiger partial charge in [-0.15, -0.1) is 0 Å². The molecule has 0 aliphatic rings. The van der Waals surface area contributed by atoms with Crippen LogP contribution in [0, 0.1) is 6.92 Å². The maximum atomic E-state index is 11.6. The van der Waals surface area contributed by atoms with E-state index in [0.717, 1.165) is 11.3 Å². The predicted molar refractivity (Wildman–Crippen MR) is 59.1 cm³/mol. The minimum Gasteiger partial charge on any atom is -0.381 e. The van der Waals surface area contributed by atoms with Crippen LogP contribution in [0.4, 0.5) is 0 Å². The van der Waals surface area contributed by atoms with Crippen molar-refractivity contribution in [3.05, 3.63) is 27.4 Å². The molecule has 0 saturated heterocycles. The number of hydrogen-bond acceptors (Lipinski definition) is 3. The van der Waals surface area contributed by atoms with Crippen LogP contribution in [-0.2, 0) is 17.6 Å². The quantitative estimate of drug-likeness (QED) is 0.813. The molecule has 0 saturated carbocycles. The summed E-state index contributed by atoms with van der Waals surface area (Å²) in [7, 11) is 1.65. The second kappa shape index (κ2) is 5.07. The SMILES string of the molecule is CCc1c(C)nc(CC(C)OC)[nH]c1=O. The summed E-state index contributed by atoms with van der Waals surface area (Å²) in [6.07, 6.45) is 1.42. The average Bonchev–Trinajstić information content (AvgIpc) is 2.17. The minimum absolute atomic E-state index is 0.0247. The van der Waals surface area contributed by atoms with Crippen LogP contribution in [0.5, 0.6) is 0 Å². The predicted octanol–water partition coefficient (Wildman–Crippen LogP) is 1.22. The molecular weight excluding hydrogens is 192 g/mol. The monoisotopic (exact) mass is 210 g/mol. The van der Waals surface area contributed by atoms with Gasteiger partial charge in [-0.2, -0.15) is 0 Å². The lowest BCUT2D eigenvalue weighted by Gasteiger charge is -2.10. The summed E-state index contributed by atoms with van der Waals surface area (Å²) in [5.74, 6) is 0.698. The number of H-pyrrole nitrogens is 1. The molecule has 4 heteroatoms. The Morgan fingerprint density at radius 2 is 2.20 bits per heavy atom. The van der Waals surface area contributed by atoms with E-state index in [-0.39, 0.29) is 11.7 Å². The summed E-state index contributed by atoms with van der Waals surface area (Å²) in [6.45, 7) is 5.77. The van der Waals surface area contributed by atoms with Crippen molar-refractivity contribution in [2.45, 2.75) is 39.7 Å². The zero-order chi connectivity index (χ0) is 11.4. The van der Waals surface area contributed by atoms with Crippen LogP contribution in [-0.4, -0.2) is 23.2 Å². The molecule has 4 nitrogen and oxygen atoms in total. The molecular formula is C11H18N2O2. The summed E-state index contributed by atoms with van der Waals surface area (Å²) in [6, 6.07) is 0. The van der Waals surface area contributed by atoms with Crippen molar-refractivity contribution >= 4 is 0 Å². The number of aromatic amines is 1. The third-order valence-electron chi connectivity index (χ3n) is 2.51. The molecule has 0 fully saturated rings. The van der Waals surface area contributed by atoms with Crippen molar-refractivity contribution in [2.75, 3.05) is 7.11 Å². The Kier molecular flexibility index (Phi) is 4.03. The second-order valence-corrected chi connectivity index (χ2v) is 3.68. The molecule has 1 N–H and O–H groups in total. The number of nitrogens with one attached hydrogen (secondary N) is 1. The van der Waals surface area contributed by atoms with Crippen molar-refractivity contribution in [3.8, 4) is 0 Å². The van der Waals surface area contributed by atoms with E-state index in [0.29, 0.717) is 18.7 Å². The number of rotatable bonds is 4. The van der Waals surface area contributed by atoms with E-state index in [1.165, 1.54) is 0 Å². The van der Waals surface area contributed by atoms with E-state index >= 15 is 0 Å². The van der Waals surface area contributed by atoms with E-state index in [9.17, 15) is 4.79 Å². The Hall–Kier alpha value is -1.16. The van der Waals surface area contributed by atoms with Gasteiger partial charge in [-0.05, 0) is 20.3 Å². The number of hydrogen-bond donors (Lipinski definition) is 1. The molecule has 0 aliphatic heterocycles. The highest BCUT2D eigenvalue weighted by Gasteiger charge is 2.08. The average molecular weight is 210 g/mol. The molecule has 1 aromatic rings. The zero-order valence-corrected chi connectivity index (χ0v) is 9.76. The molecule has 1 heterocycles. The molecule has 0 bridgehead atoms. The fourth-order valence-electron chi connectivity index (χ4n) is 1.54. The van der Waals surface area contributed by atoms with Crippen molar-refractivity contribution in [3.63, 3.8) is 0 Å². The fraction of sp³-hybridized carbons (Fsp3) is 0.636. The van der Waals surface area contributed by atoms with Crippen LogP contribution in [0.15, 0.2) is 4.79 Å². The van der Waals surface area contributed by atoms with Gasteiger partial charge in [0.25, 0.3) is 5.56 Å². The molecule has 1 rings (SSSR count). The number of ether oxygens (including phenoxy) is 1. The largest absolute Gasteiger partial charge is 0.381 e. The molecule has 0 amide bonds. The highest BCUT2D eigenvalue weighted by atomic mass is 16.5. The summed E-state index contributed by atoms with van der Waals surface area (Å²) in [5.41, 5.74) is 1.56. The highest BCUT2D eigenvalue weighted by Crippen LogP contribution is 2.03. The van der Waals surface area contributed by atoms with Gasteiger partial charge in [-0.1, -0.05) is 6.92 Å². The van der Waals surface area contributed by atoms with E-state index in [4.69, 9.17) is 4.74 Å². The van der Waals surface area contributed by atoms with E-state index < -0.39 is 0 Å². The van der Waals surface area contributed by atoms with Crippen molar-refractivity contribution in [1.29, 1.82) is 0 Å². The normalized spacial score (nSPS) is 12.8. The van der Waals surface area contributed by atoms with Gasteiger partial charge < -0.3 is 9.72 Å². The molecule has 1 atom stereocenters. The van der Waals surface area contributed by atoms with Gasteiger partial charge in [0.2, 0.25) is 0 Å². The Morgan fingerprint density at radius 1 is 1.53 bits per heavy atom. The van der Waals surface area contributed by atoms with Crippen LogP contribution in [0.25, 0.3) is 0 Å². The van der Waals surface area contributed by atoms with Gasteiger partial charge in [0.1, 0.15) is 5.82 Å². The van der Waals surface area contributed by atoms with E-state index in [1.54, 1.807) is 7.11 Å². The molecule has 15 heavy (non-hydrogen) atoms. The number of methoxy groups -OCH3 is 1. The van der Waals surface area contributed by atoms with Gasteiger partial charge in [0.15, 0.2) is 0 Å². The maximum Gasteiger partial charge on any atom is 0.254 e. The molecule has 0 radical (unpaired) electrons.